The van der Waals surface area contributed by atoms with Gasteiger partial charge in [-0.15, -0.1) is 0 Å². The fourth-order valence-electron chi connectivity index (χ4n) is 0.784. The van der Waals surface area contributed by atoms with E-state index < -0.39 is 9.05 Å². The molecule has 1 heterocycles. The Labute approximate surface area is 85.4 Å². The van der Waals surface area contributed by atoms with Crippen LogP contribution in [0.25, 0.3) is 5.57 Å². The lowest BCUT2D eigenvalue weighted by Gasteiger charge is -1.97. The van der Waals surface area contributed by atoms with Crippen molar-refractivity contribution in [2.24, 2.45) is 0 Å². The summed E-state index contributed by atoms with van der Waals surface area (Å²) in [5.74, 6) is -0.0208. The van der Waals surface area contributed by atoms with E-state index in [4.69, 9.17) is 26.7 Å². The summed E-state index contributed by atoms with van der Waals surface area (Å²) in [6.07, 6.45) is 0. The van der Waals surface area contributed by atoms with Crippen LogP contribution in [0.5, 0.6) is 0 Å². The second kappa shape index (κ2) is 3.74. The van der Waals surface area contributed by atoms with Gasteiger partial charge in [0.1, 0.15) is 5.76 Å². The molecule has 1 rings (SSSR count). The summed E-state index contributed by atoms with van der Waals surface area (Å²) in [5, 5.41) is 0.183. The van der Waals surface area contributed by atoms with E-state index in [2.05, 4.69) is 6.58 Å². The van der Waals surface area contributed by atoms with Gasteiger partial charge in [0.2, 0.25) is 9.05 Å². The fraction of sp³-hybridized carbons (Fsp3) is 0.143. The monoisotopic (exact) mass is 240 g/mol. The molecule has 0 atom stereocenters. The van der Waals surface area contributed by atoms with Crippen molar-refractivity contribution in [1.29, 1.82) is 0 Å². The van der Waals surface area contributed by atoms with Crippen LogP contribution in [0.4, 0.5) is 0 Å². The molecule has 1 aromatic rings. The van der Waals surface area contributed by atoms with Crippen LogP contribution in [0.3, 0.4) is 0 Å². The Balaban J connectivity index is 2.81. The van der Waals surface area contributed by atoms with Gasteiger partial charge in [-0.05, 0) is 23.7 Å². The van der Waals surface area contributed by atoms with Crippen molar-refractivity contribution in [1.82, 2.24) is 0 Å². The Morgan fingerprint density at radius 1 is 1.54 bits per heavy atom. The first-order valence-electron chi connectivity index (χ1n) is 3.24. The molecule has 0 bridgehead atoms. The van der Waals surface area contributed by atoms with Crippen molar-refractivity contribution in [3.8, 4) is 0 Å². The lowest BCUT2D eigenvalue weighted by Crippen LogP contribution is -1.98. The summed E-state index contributed by atoms with van der Waals surface area (Å²) in [5.41, 5.74) is 0.280. The normalized spacial score (nSPS) is 11.5. The Morgan fingerprint density at radius 3 is 2.54 bits per heavy atom. The highest BCUT2D eigenvalue weighted by Gasteiger charge is 2.12. The summed E-state index contributed by atoms with van der Waals surface area (Å²) in [6.45, 7) is 3.51. The zero-order valence-electron chi connectivity index (χ0n) is 6.46. The van der Waals surface area contributed by atoms with Gasteiger partial charge in [0.25, 0.3) is 0 Å². The van der Waals surface area contributed by atoms with Gasteiger partial charge in [0, 0.05) is 16.3 Å². The maximum Gasteiger partial charge on any atom is 0.236 e. The smallest absolute Gasteiger partial charge is 0.236 e. The number of furan rings is 1. The lowest BCUT2D eigenvalue weighted by molar-refractivity contribution is 0.554. The van der Waals surface area contributed by atoms with Crippen molar-refractivity contribution in [3.05, 3.63) is 29.7 Å². The van der Waals surface area contributed by atoms with Crippen molar-refractivity contribution in [3.63, 3.8) is 0 Å². The zero-order valence-corrected chi connectivity index (χ0v) is 8.79. The molecule has 0 aliphatic carbocycles. The first-order valence-corrected chi connectivity index (χ1v) is 6.10. The van der Waals surface area contributed by atoms with E-state index >= 15 is 0 Å². The maximum absolute atomic E-state index is 10.7. The molecular formula is C7H6Cl2O3S. The van der Waals surface area contributed by atoms with Crippen LogP contribution < -0.4 is 0 Å². The third-order valence-electron chi connectivity index (χ3n) is 1.27. The second-order valence-electron chi connectivity index (χ2n) is 2.39. The van der Waals surface area contributed by atoms with E-state index in [-0.39, 0.29) is 16.5 Å². The van der Waals surface area contributed by atoms with Crippen LogP contribution in [-0.2, 0) is 9.05 Å². The van der Waals surface area contributed by atoms with E-state index in [0.717, 1.165) is 0 Å². The van der Waals surface area contributed by atoms with Crippen LogP contribution >= 0.6 is 22.3 Å². The lowest BCUT2D eigenvalue weighted by atomic mass is 10.3. The molecule has 0 spiro atoms. The number of hydrogen-bond donors (Lipinski definition) is 0. The molecule has 13 heavy (non-hydrogen) atoms. The summed E-state index contributed by atoms with van der Waals surface area (Å²) >= 11 is 5.49. The zero-order chi connectivity index (χ0) is 10.1. The minimum Gasteiger partial charge on any atom is -0.445 e. The molecular weight excluding hydrogens is 235 g/mol. The van der Waals surface area contributed by atoms with Crippen molar-refractivity contribution in [2.75, 3.05) is 5.75 Å². The molecule has 0 N–H and O–H groups in total. The Morgan fingerprint density at radius 2 is 2.15 bits per heavy atom. The molecule has 0 radical (unpaired) electrons. The average molecular weight is 241 g/mol. The Bertz CT molecular complexity index is 419. The number of hydrogen-bond acceptors (Lipinski definition) is 3. The standard InChI is InChI=1S/C7H6Cl2O3S/c1-5(4-13(9,10)11)6-2-3-7(8)12-6/h2-3H,1,4H2. The molecule has 0 fully saturated rings. The van der Waals surface area contributed by atoms with Crippen molar-refractivity contribution in [2.45, 2.75) is 0 Å². The van der Waals surface area contributed by atoms with E-state index in [0.29, 0.717) is 5.76 Å². The van der Waals surface area contributed by atoms with Gasteiger partial charge in [-0.1, -0.05) is 6.58 Å². The van der Waals surface area contributed by atoms with Crippen molar-refractivity contribution < 1.29 is 12.8 Å². The Hall–Kier alpha value is -0.450. The van der Waals surface area contributed by atoms with E-state index in [1.807, 2.05) is 0 Å². The molecule has 0 amide bonds. The maximum atomic E-state index is 10.7. The summed E-state index contributed by atoms with van der Waals surface area (Å²) in [4.78, 5) is 0. The van der Waals surface area contributed by atoms with Crippen LogP contribution in [0.2, 0.25) is 5.22 Å². The molecule has 3 nitrogen and oxygen atoms in total. The predicted molar refractivity (Wildman–Crippen MR) is 52.4 cm³/mol. The minimum atomic E-state index is -3.59. The second-order valence-corrected chi connectivity index (χ2v) is 5.54. The van der Waals surface area contributed by atoms with E-state index in [1.165, 1.54) is 12.1 Å². The highest BCUT2D eigenvalue weighted by Crippen LogP contribution is 2.21. The van der Waals surface area contributed by atoms with Crippen LogP contribution in [0, 0.1) is 0 Å². The average Bonchev–Trinajstić information content (AvgIpc) is 2.31. The summed E-state index contributed by atoms with van der Waals surface area (Å²) < 4.78 is 26.2. The van der Waals surface area contributed by atoms with Gasteiger partial charge >= 0.3 is 0 Å². The molecule has 0 saturated carbocycles. The minimum absolute atomic E-state index is 0.183. The number of halogens is 2. The number of rotatable bonds is 3. The summed E-state index contributed by atoms with van der Waals surface area (Å²) in [6, 6.07) is 3.04. The molecule has 6 heteroatoms. The highest BCUT2D eigenvalue weighted by atomic mass is 35.7. The molecule has 0 aliphatic rings. The van der Waals surface area contributed by atoms with Gasteiger partial charge in [0.15, 0.2) is 5.22 Å². The quantitative estimate of drug-likeness (QED) is 0.764. The van der Waals surface area contributed by atoms with Gasteiger partial charge in [0.05, 0.1) is 5.75 Å². The molecule has 72 valence electrons. The SMILES string of the molecule is C=C(CS(=O)(=O)Cl)c1ccc(Cl)o1. The molecule has 1 aromatic heterocycles. The van der Waals surface area contributed by atoms with Gasteiger partial charge in [-0.3, -0.25) is 0 Å². The molecule has 0 saturated heterocycles. The third kappa shape index (κ3) is 3.42. The fourth-order valence-corrected chi connectivity index (χ4v) is 1.88. The largest absolute Gasteiger partial charge is 0.445 e. The van der Waals surface area contributed by atoms with Crippen LogP contribution in [-0.4, -0.2) is 14.2 Å². The van der Waals surface area contributed by atoms with E-state index in [1.54, 1.807) is 0 Å². The van der Waals surface area contributed by atoms with Crippen LogP contribution in [0.15, 0.2) is 23.1 Å². The van der Waals surface area contributed by atoms with Crippen LogP contribution in [0.1, 0.15) is 5.76 Å². The van der Waals surface area contributed by atoms with E-state index in [9.17, 15) is 8.42 Å². The Kier molecular flexibility index (Phi) is 3.05. The van der Waals surface area contributed by atoms with Gasteiger partial charge in [-0.25, -0.2) is 8.42 Å². The third-order valence-corrected chi connectivity index (χ3v) is 2.49. The summed E-state index contributed by atoms with van der Waals surface area (Å²) in [7, 11) is 1.43. The molecule has 0 aliphatic heterocycles. The topological polar surface area (TPSA) is 47.3 Å². The van der Waals surface area contributed by atoms with Gasteiger partial charge < -0.3 is 4.42 Å². The first-order chi connectivity index (χ1) is 5.88. The predicted octanol–water partition coefficient (Wildman–Crippen LogP) is 2.51. The molecule has 0 aromatic carbocycles. The van der Waals surface area contributed by atoms with Crippen molar-refractivity contribution >= 4 is 36.9 Å². The first kappa shape index (κ1) is 10.6. The molecule has 0 unspecified atom stereocenters. The highest BCUT2D eigenvalue weighted by molar-refractivity contribution is 8.14. The van der Waals surface area contributed by atoms with Gasteiger partial charge in [-0.2, -0.15) is 0 Å².